The Morgan fingerprint density at radius 1 is 1.37 bits per heavy atom. The van der Waals surface area contributed by atoms with Crippen LogP contribution in [0.3, 0.4) is 0 Å². The molecule has 0 spiro atoms. The highest BCUT2D eigenvalue weighted by Gasteiger charge is 2.28. The first kappa shape index (κ1) is 13.5. The van der Waals surface area contributed by atoms with Gasteiger partial charge in [0.15, 0.2) is 4.77 Å². The first-order chi connectivity index (χ1) is 9.22. The Morgan fingerprint density at radius 3 is 2.95 bits per heavy atom. The summed E-state index contributed by atoms with van der Waals surface area (Å²) in [5.41, 5.74) is 2.11. The third-order valence-corrected chi connectivity index (χ3v) is 5.75. The third-order valence-electron chi connectivity index (χ3n) is 3.99. The molecular formula is C14H17ClN2S2. The van der Waals surface area contributed by atoms with Gasteiger partial charge in [0.25, 0.3) is 0 Å². The largest absolute Gasteiger partial charge is 0.331 e. The molecule has 1 saturated carbocycles. The highest BCUT2D eigenvalue weighted by molar-refractivity contribution is 7.99. The summed E-state index contributed by atoms with van der Waals surface area (Å²) < 4.78 is 3.06. The number of para-hydroxylation sites is 1. The smallest absolute Gasteiger partial charge is 0.178 e. The Bertz CT molecular complexity index is 646. The van der Waals surface area contributed by atoms with Gasteiger partial charge in [-0.3, -0.25) is 0 Å². The van der Waals surface area contributed by atoms with Crippen LogP contribution in [0.5, 0.6) is 0 Å². The first-order valence-electron chi connectivity index (χ1n) is 6.64. The van der Waals surface area contributed by atoms with Crippen LogP contribution in [0.15, 0.2) is 18.2 Å². The van der Waals surface area contributed by atoms with E-state index in [0.717, 1.165) is 20.8 Å². The van der Waals surface area contributed by atoms with Crippen molar-refractivity contribution in [2.75, 3.05) is 6.26 Å². The van der Waals surface area contributed by atoms with Crippen molar-refractivity contribution in [3.63, 3.8) is 0 Å². The number of nitrogens with one attached hydrogen (secondary N) is 1. The zero-order chi connectivity index (χ0) is 13.4. The third kappa shape index (κ3) is 2.34. The zero-order valence-electron chi connectivity index (χ0n) is 10.9. The minimum atomic E-state index is 0.463. The number of rotatable bonds is 2. The van der Waals surface area contributed by atoms with Crippen molar-refractivity contribution in [3.05, 3.63) is 28.0 Å². The van der Waals surface area contributed by atoms with E-state index in [0.29, 0.717) is 11.3 Å². The Balaban J connectivity index is 2.18. The summed E-state index contributed by atoms with van der Waals surface area (Å²) in [7, 11) is 0. The summed E-state index contributed by atoms with van der Waals surface area (Å²) in [5, 5.41) is 1.42. The maximum atomic E-state index is 6.39. The van der Waals surface area contributed by atoms with Gasteiger partial charge in [-0.25, -0.2) is 0 Å². The summed E-state index contributed by atoms with van der Waals surface area (Å²) in [6, 6.07) is 6.42. The standard InChI is InChI=1S/C14H17ClN2S2/c1-19-12-8-3-2-7-11(12)17-13-9(15)5-4-6-10(13)16-14(17)18/h4-6,11-12H,2-3,7-8H2,1H3,(H,16,18). The van der Waals surface area contributed by atoms with Crippen LogP contribution in [0.1, 0.15) is 31.7 Å². The van der Waals surface area contributed by atoms with E-state index in [4.69, 9.17) is 23.8 Å². The molecule has 0 aliphatic heterocycles. The molecule has 2 aromatic rings. The second-order valence-electron chi connectivity index (χ2n) is 5.06. The fourth-order valence-electron chi connectivity index (χ4n) is 3.10. The summed E-state index contributed by atoms with van der Waals surface area (Å²) in [5.74, 6) is 0. The van der Waals surface area contributed by atoms with Gasteiger partial charge in [-0.15, -0.1) is 0 Å². The monoisotopic (exact) mass is 312 g/mol. The van der Waals surface area contributed by atoms with E-state index in [1.165, 1.54) is 25.7 Å². The molecule has 1 aliphatic carbocycles. The van der Waals surface area contributed by atoms with Gasteiger partial charge in [0.05, 0.1) is 16.1 Å². The highest BCUT2D eigenvalue weighted by atomic mass is 35.5. The molecule has 0 amide bonds. The normalized spacial score (nSPS) is 23.9. The average Bonchev–Trinajstić information content (AvgIpc) is 2.76. The molecule has 0 saturated heterocycles. The molecule has 0 bridgehead atoms. The molecule has 2 nitrogen and oxygen atoms in total. The molecule has 0 radical (unpaired) electrons. The SMILES string of the molecule is CSC1CCCCC1n1c(=S)[nH]c2cccc(Cl)c21. The number of hydrogen-bond acceptors (Lipinski definition) is 2. The summed E-state index contributed by atoms with van der Waals surface area (Å²) >= 11 is 13.9. The molecule has 1 aromatic heterocycles. The van der Waals surface area contributed by atoms with Crippen LogP contribution in [0.25, 0.3) is 11.0 Å². The van der Waals surface area contributed by atoms with Gasteiger partial charge in [-0.2, -0.15) is 11.8 Å². The number of aromatic nitrogens is 2. The lowest BCUT2D eigenvalue weighted by Gasteiger charge is -2.31. The van der Waals surface area contributed by atoms with E-state index >= 15 is 0 Å². The average molecular weight is 313 g/mol. The Kier molecular flexibility index (Phi) is 3.92. The Hall–Kier alpha value is -0.450. The van der Waals surface area contributed by atoms with Crippen LogP contribution in [-0.4, -0.2) is 21.1 Å². The topological polar surface area (TPSA) is 20.7 Å². The number of halogens is 1. The molecular weight excluding hydrogens is 296 g/mol. The molecule has 102 valence electrons. The summed E-state index contributed by atoms with van der Waals surface area (Å²) in [6.07, 6.45) is 7.26. The number of nitrogens with zero attached hydrogens (tertiary/aromatic N) is 1. The number of aromatic amines is 1. The van der Waals surface area contributed by atoms with Crippen LogP contribution in [0.4, 0.5) is 0 Å². The van der Waals surface area contributed by atoms with E-state index in [2.05, 4.69) is 15.8 Å². The number of fused-ring (bicyclic) bond motifs is 1. The lowest BCUT2D eigenvalue weighted by atomic mass is 9.94. The second-order valence-corrected chi connectivity index (χ2v) is 6.93. The molecule has 1 fully saturated rings. The van der Waals surface area contributed by atoms with Crippen molar-refractivity contribution < 1.29 is 0 Å². The number of hydrogen-bond donors (Lipinski definition) is 1. The van der Waals surface area contributed by atoms with Crippen molar-refractivity contribution in [1.29, 1.82) is 0 Å². The van der Waals surface area contributed by atoms with E-state index in [-0.39, 0.29) is 0 Å². The van der Waals surface area contributed by atoms with Gasteiger partial charge in [0.1, 0.15) is 0 Å². The first-order valence-corrected chi connectivity index (χ1v) is 8.71. The van der Waals surface area contributed by atoms with Crippen molar-refractivity contribution in [2.24, 2.45) is 0 Å². The quantitative estimate of drug-likeness (QED) is 0.769. The molecule has 1 heterocycles. The van der Waals surface area contributed by atoms with Crippen LogP contribution in [0, 0.1) is 4.77 Å². The van der Waals surface area contributed by atoms with Crippen molar-refractivity contribution in [3.8, 4) is 0 Å². The predicted octanol–water partition coefficient (Wildman–Crippen LogP) is 5.20. The van der Waals surface area contributed by atoms with Crippen molar-refractivity contribution in [1.82, 2.24) is 9.55 Å². The lowest BCUT2D eigenvalue weighted by Crippen LogP contribution is -2.25. The van der Waals surface area contributed by atoms with Gasteiger partial charge >= 0.3 is 0 Å². The van der Waals surface area contributed by atoms with Gasteiger partial charge in [-0.05, 0) is 43.4 Å². The van der Waals surface area contributed by atoms with E-state index in [1.54, 1.807) is 0 Å². The van der Waals surface area contributed by atoms with Crippen molar-refractivity contribution >= 4 is 46.6 Å². The lowest BCUT2D eigenvalue weighted by molar-refractivity contribution is 0.369. The van der Waals surface area contributed by atoms with Crippen LogP contribution in [0.2, 0.25) is 5.02 Å². The number of thioether (sulfide) groups is 1. The number of H-pyrrole nitrogens is 1. The fraction of sp³-hybridized carbons (Fsp3) is 0.500. The minimum absolute atomic E-state index is 0.463. The Morgan fingerprint density at radius 2 is 2.16 bits per heavy atom. The van der Waals surface area contributed by atoms with E-state index in [1.807, 2.05) is 30.0 Å². The molecule has 1 aliphatic rings. The molecule has 3 rings (SSSR count). The van der Waals surface area contributed by atoms with Gasteiger partial charge in [0, 0.05) is 11.3 Å². The molecule has 2 atom stereocenters. The molecule has 1 N–H and O–H groups in total. The van der Waals surface area contributed by atoms with Gasteiger partial charge in [-0.1, -0.05) is 30.5 Å². The summed E-state index contributed by atoms with van der Waals surface area (Å²) in [4.78, 5) is 3.29. The molecule has 5 heteroatoms. The maximum absolute atomic E-state index is 6.39. The number of imidazole rings is 1. The highest BCUT2D eigenvalue weighted by Crippen LogP contribution is 2.38. The van der Waals surface area contributed by atoms with Crippen LogP contribution >= 0.6 is 35.6 Å². The Labute approximate surface area is 127 Å². The van der Waals surface area contributed by atoms with Gasteiger partial charge < -0.3 is 9.55 Å². The van der Waals surface area contributed by atoms with Crippen LogP contribution < -0.4 is 0 Å². The minimum Gasteiger partial charge on any atom is -0.331 e. The second kappa shape index (κ2) is 5.51. The van der Waals surface area contributed by atoms with E-state index < -0.39 is 0 Å². The fourth-order valence-corrected chi connectivity index (χ4v) is 4.68. The van der Waals surface area contributed by atoms with Crippen molar-refractivity contribution in [2.45, 2.75) is 37.0 Å². The van der Waals surface area contributed by atoms with E-state index in [9.17, 15) is 0 Å². The molecule has 1 aromatic carbocycles. The van der Waals surface area contributed by atoms with Gasteiger partial charge in [0.2, 0.25) is 0 Å². The predicted molar refractivity (Wildman–Crippen MR) is 86.9 cm³/mol. The number of benzene rings is 1. The summed E-state index contributed by atoms with van der Waals surface area (Å²) in [6.45, 7) is 0. The maximum Gasteiger partial charge on any atom is 0.178 e. The zero-order valence-corrected chi connectivity index (χ0v) is 13.2. The van der Waals surface area contributed by atoms with Crippen LogP contribution in [-0.2, 0) is 0 Å². The molecule has 19 heavy (non-hydrogen) atoms. The molecule has 2 unspecified atom stereocenters.